The normalized spacial score (nSPS) is 22.3. The molecule has 1 fully saturated rings. The molecule has 0 saturated carbocycles. The molecule has 1 aromatic heterocycles. The first-order valence-corrected chi connectivity index (χ1v) is 6.58. The molecule has 1 N–H and O–H groups in total. The summed E-state index contributed by atoms with van der Waals surface area (Å²) >= 11 is 3.62. The minimum absolute atomic E-state index is 0.525. The third-order valence-electron chi connectivity index (χ3n) is 3.09. The first kappa shape index (κ1) is 11.2. The van der Waals surface area contributed by atoms with Gasteiger partial charge in [0.25, 0.3) is 0 Å². The standard InChI is InChI=1S/C12H19BrN2/c1-9(2)15-8-10(7-12(15)13)11-5-3-4-6-14-11/h7-9,11,14H,3-6H2,1-2H3. The lowest BCUT2D eigenvalue weighted by atomic mass is 10.00. The van der Waals surface area contributed by atoms with Gasteiger partial charge in [-0.25, -0.2) is 0 Å². The van der Waals surface area contributed by atoms with Crippen LogP contribution < -0.4 is 5.32 Å². The molecule has 0 radical (unpaired) electrons. The summed E-state index contributed by atoms with van der Waals surface area (Å²) < 4.78 is 3.48. The molecule has 1 aliphatic rings. The third-order valence-corrected chi connectivity index (χ3v) is 3.73. The second-order valence-electron chi connectivity index (χ2n) is 4.60. The van der Waals surface area contributed by atoms with Gasteiger partial charge in [-0.2, -0.15) is 0 Å². The van der Waals surface area contributed by atoms with E-state index < -0.39 is 0 Å². The molecule has 1 saturated heterocycles. The second kappa shape index (κ2) is 4.71. The van der Waals surface area contributed by atoms with Crippen molar-refractivity contribution in [2.24, 2.45) is 0 Å². The number of rotatable bonds is 2. The molecule has 1 aliphatic heterocycles. The summed E-state index contributed by atoms with van der Waals surface area (Å²) in [7, 11) is 0. The molecule has 0 spiro atoms. The highest BCUT2D eigenvalue weighted by Crippen LogP contribution is 2.28. The van der Waals surface area contributed by atoms with Gasteiger partial charge in [0.15, 0.2) is 0 Å². The molecule has 2 heterocycles. The lowest BCUT2D eigenvalue weighted by molar-refractivity contribution is 0.411. The molecule has 0 aliphatic carbocycles. The summed E-state index contributed by atoms with van der Waals surface area (Å²) in [5.74, 6) is 0. The molecule has 84 valence electrons. The van der Waals surface area contributed by atoms with E-state index in [1.807, 2.05) is 0 Å². The summed E-state index contributed by atoms with van der Waals surface area (Å²) in [5, 5.41) is 3.58. The molecule has 15 heavy (non-hydrogen) atoms. The molecule has 3 heteroatoms. The largest absolute Gasteiger partial charge is 0.340 e. The number of halogens is 1. The Balaban J connectivity index is 2.17. The lowest BCUT2D eigenvalue weighted by Crippen LogP contribution is -2.26. The van der Waals surface area contributed by atoms with Gasteiger partial charge >= 0.3 is 0 Å². The highest BCUT2D eigenvalue weighted by atomic mass is 79.9. The van der Waals surface area contributed by atoms with Gasteiger partial charge in [-0.3, -0.25) is 0 Å². The van der Waals surface area contributed by atoms with Crippen LogP contribution in [0.15, 0.2) is 16.9 Å². The SMILES string of the molecule is CC(C)n1cc(C2CCCCN2)cc1Br. The number of hydrogen-bond acceptors (Lipinski definition) is 1. The van der Waals surface area contributed by atoms with E-state index >= 15 is 0 Å². The van der Waals surface area contributed by atoms with Gasteiger partial charge in [0, 0.05) is 18.3 Å². The van der Waals surface area contributed by atoms with Gasteiger partial charge in [0.05, 0.1) is 4.60 Å². The molecule has 2 nitrogen and oxygen atoms in total. The average molecular weight is 271 g/mol. The molecule has 2 rings (SSSR count). The molecule has 1 unspecified atom stereocenters. The monoisotopic (exact) mass is 270 g/mol. The van der Waals surface area contributed by atoms with E-state index in [1.54, 1.807) is 0 Å². The number of piperidine rings is 1. The first-order chi connectivity index (χ1) is 7.18. The molecular weight excluding hydrogens is 252 g/mol. The smallest absolute Gasteiger partial charge is 0.0852 e. The summed E-state index contributed by atoms with van der Waals surface area (Å²) in [6.07, 6.45) is 6.22. The number of aromatic nitrogens is 1. The summed E-state index contributed by atoms with van der Waals surface area (Å²) in [6, 6.07) is 3.34. The first-order valence-electron chi connectivity index (χ1n) is 5.79. The topological polar surface area (TPSA) is 17.0 Å². The van der Waals surface area contributed by atoms with Crippen LogP contribution in [0.5, 0.6) is 0 Å². The Labute approximate surface area is 100 Å². The van der Waals surface area contributed by atoms with Crippen molar-refractivity contribution in [2.75, 3.05) is 6.54 Å². The van der Waals surface area contributed by atoms with E-state index in [4.69, 9.17) is 0 Å². The van der Waals surface area contributed by atoms with Crippen molar-refractivity contribution in [1.82, 2.24) is 9.88 Å². The Bertz CT molecular complexity index is 324. The van der Waals surface area contributed by atoms with E-state index in [1.165, 1.54) is 29.4 Å². The minimum atomic E-state index is 0.525. The average Bonchev–Trinajstić information content (AvgIpc) is 2.62. The van der Waals surface area contributed by atoms with Gasteiger partial charge in [0.1, 0.15) is 0 Å². The quantitative estimate of drug-likeness (QED) is 0.868. The number of hydrogen-bond donors (Lipinski definition) is 1. The number of nitrogens with one attached hydrogen (secondary N) is 1. The van der Waals surface area contributed by atoms with Crippen molar-refractivity contribution in [1.29, 1.82) is 0 Å². The van der Waals surface area contributed by atoms with Gasteiger partial charge in [-0.1, -0.05) is 6.42 Å². The van der Waals surface area contributed by atoms with Crippen LogP contribution in [0.1, 0.15) is 50.8 Å². The van der Waals surface area contributed by atoms with Crippen molar-refractivity contribution in [3.05, 3.63) is 22.4 Å². The van der Waals surface area contributed by atoms with Crippen LogP contribution in [0.3, 0.4) is 0 Å². The van der Waals surface area contributed by atoms with E-state index in [-0.39, 0.29) is 0 Å². The third kappa shape index (κ3) is 2.45. The number of nitrogens with zero attached hydrogens (tertiary/aromatic N) is 1. The van der Waals surface area contributed by atoms with Gasteiger partial charge in [0.2, 0.25) is 0 Å². The Morgan fingerprint density at radius 2 is 2.27 bits per heavy atom. The maximum atomic E-state index is 3.62. The zero-order valence-electron chi connectivity index (χ0n) is 9.46. The van der Waals surface area contributed by atoms with Crippen molar-refractivity contribution < 1.29 is 0 Å². The molecular formula is C12H19BrN2. The van der Waals surface area contributed by atoms with Crippen LogP contribution >= 0.6 is 15.9 Å². The van der Waals surface area contributed by atoms with Crippen LogP contribution in [0.4, 0.5) is 0 Å². The summed E-state index contributed by atoms with van der Waals surface area (Å²) in [6.45, 7) is 5.58. The van der Waals surface area contributed by atoms with Crippen molar-refractivity contribution in [3.63, 3.8) is 0 Å². The Kier molecular flexibility index (Phi) is 3.52. The van der Waals surface area contributed by atoms with E-state index in [0.29, 0.717) is 12.1 Å². The van der Waals surface area contributed by atoms with E-state index in [2.05, 4.69) is 51.9 Å². The Morgan fingerprint density at radius 3 is 2.80 bits per heavy atom. The lowest BCUT2D eigenvalue weighted by Gasteiger charge is -2.22. The fraction of sp³-hybridized carbons (Fsp3) is 0.667. The molecule has 0 bridgehead atoms. The van der Waals surface area contributed by atoms with Crippen LogP contribution in [-0.4, -0.2) is 11.1 Å². The van der Waals surface area contributed by atoms with Gasteiger partial charge in [-0.05, 0) is 60.8 Å². The zero-order chi connectivity index (χ0) is 10.8. The fourth-order valence-electron chi connectivity index (χ4n) is 2.19. The van der Waals surface area contributed by atoms with E-state index in [0.717, 1.165) is 6.54 Å². The zero-order valence-corrected chi connectivity index (χ0v) is 11.0. The van der Waals surface area contributed by atoms with E-state index in [9.17, 15) is 0 Å². The Morgan fingerprint density at radius 1 is 1.47 bits per heavy atom. The van der Waals surface area contributed by atoms with Crippen LogP contribution in [0, 0.1) is 0 Å². The maximum absolute atomic E-state index is 3.62. The van der Waals surface area contributed by atoms with Crippen LogP contribution in [0.2, 0.25) is 0 Å². The van der Waals surface area contributed by atoms with Crippen LogP contribution in [0.25, 0.3) is 0 Å². The van der Waals surface area contributed by atoms with Gasteiger partial charge < -0.3 is 9.88 Å². The predicted molar refractivity (Wildman–Crippen MR) is 67.1 cm³/mol. The van der Waals surface area contributed by atoms with Gasteiger partial charge in [-0.15, -0.1) is 0 Å². The van der Waals surface area contributed by atoms with Crippen molar-refractivity contribution in [3.8, 4) is 0 Å². The fourth-order valence-corrected chi connectivity index (χ4v) is 2.97. The predicted octanol–water partition coefficient (Wildman–Crippen LogP) is 3.65. The summed E-state index contributed by atoms with van der Waals surface area (Å²) in [5.41, 5.74) is 1.43. The second-order valence-corrected chi connectivity index (χ2v) is 5.41. The molecule has 1 aromatic rings. The maximum Gasteiger partial charge on any atom is 0.0852 e. The highest BCUT2D eigenvalue weighted by molar-refractivity contribution is 9.10. The van der Waals surface area contributed by atoms with Crippen molar-refractivity contribution >= 4 is 15.9 Å². The molecule has 0 aromatic carbocycles. The molecule has 0 amide bonds. The minimum Gasteiger partial charge on any atom is -0.340 e. The van der Waals surface area contributed by atoms with Crippen molar-refractivity contribution in [2.45, 2.75) is 45.2 Å². The summed E-state index contributed by atoms with van der Waals surface area (Å²) in [4.78, 5) is 0. The Hall–Kier alpha value is -0.280. The highest BCUT2D eigenvalue weighted by Gasteiger charge is 2.17. The molecule has 1 atom stereocenters. The van der Waals surface area contributed by atoms with Crippen LogP contribution in [-0.2, 0) is 0 Å².